The molecular formula is C12H18N4O4. The van der Waals surface area contributed by atoms with E-state index in [2.05, 4.69) is 10.4 Å². The minimum atomic E-state index is -0.785. The number of aliphatic carboxylic acids is 1. The van der Waals surface area contributed by atoms with Crippen molar-refractivity contribution in [1.82, 2.24) is 9.78 Å². The smallest absolute Gasteiger partial charge is 0.330 e. The van der Waals surface area contributed by atoms with Gasteiger partial charge in [-0.25, -0.2) is 0 Å². The van der Waals surface area contributed by atoms with E-state index in [1.54, 1.807) is 7.05 Å². The third kappa shape index (κ3) is 3.06. The summed E-state index contributed by atoms with van der Waals surface area (Å²) in [4.78, 5) is 21.6. The van der Waals surface area contributed by atoms with E-state index in [-0.39, 0.29) is 23.3 Å². The second kappa shape index (κ2) is 5.89. The second-order valence-corrected chi connectivity index (χ2v) is 5.16. The lowest BCUT2D eigenvalue weighted by molar-refractivity contribution is -0.384. The first-order valence-corrected chi connectivity index (χ1v) is 6.63. The number of aromatic nitrogens is 2. The Kier molecular flexibility index (Phi) is 4.21. The number of aryl methyl sites for hydroxylation is 1. The number of carboxylic acids is 1. The van der Waals surface area contributed by atoms with Crippen LogP contribution in [0.4, 0.5) is 11.5 Å². The van der Waals surface area contributed by atoms with Gasteiger partial charge in [0.05, 0.1) is 10.8 Å². The Morgan fingerprint density at radius 1 is 1.60 bits per heavy atom. The summed E-state index contributed by atoms with van der Waals surface area (Å²) < 4.78 is 1.37. The van der Waals surface area contributed by atoms with Crippen LogP contribution in [0.15, 0.2) is 6.20 Å². The van der Waals surface area contributed by atoms with E-state index < -0.39 is 10.9 Å². The topological polar surface area (TPSA) is 110 Å². The molecule has 2 N–H and O–H groups in total. The van der Waals surface area contributed by atoms with Crippen molar-refractivity contribution >= 4 is 17.5 Å². The van der Waals surface area contributed by atoms with E-state index in [1.807, 2.05) is 0 Å². The van der Waals surface area contributed by atoms with Gasteiger partial charge in [-0.05, 0) is 18.8 Å². The molecule has 0 aromatic carbocycles. The van der Waals surface area contributed by atoms with Gasteiger partial charge < -0.3 is 10.4 Å². The van der Waals surface area contributed by atoms with Crippen LogP contribution in [0.2, 0.25) is 0 Å². The molecule has 0 amide bonds. The number of carbonyl (C=O) groups is 1. The van der Waals surface area contributed by atoms with Gasteiger partial charge >= 0.3 is 11.7 Å². The van der Waals surface area contributed by atoms with E-state index in [0.717, 1.165) is 19.3 Å². The molecule has 1 heterocycles. The molecule has 110 valence electrons. The molecule has 0 bridgehead atoms. The Morgan fingerprint density at radius 3 is 2.95 bits per heavy atom. The van der Waals surface area contributed by atoms with E-state index in [9.17, 15) is 20.0 Å². The fourth-order valence-corrected chi connectivity index (χ4v) is 2.74. The number of anilines is 1. The molecule has 2 unspecified atom stereocenters. The van der Waals surface area contributed by atoms with Crippen LogP contribution in [0.3, 0.4) is 0 Å². The van der Waals surface area contributed by atoms with Gasteiger partial charge in [-0.3, -0.25) is 19.6 Å². The summed E-state index contributed by atoms with van der Waals surface area (Å²) in [6.45, 7) is 0.398. The Morgan fingerprint density at radius 2 is 2.30 bits per heavy atom. The summed E-state index contributed by atoms with van der Waals surface area (Å²) in [6, 6.07) is 0. The highest BCUT2D eigenvalue weighted by molar-refractivity contribution is 5.70. The number of hydrogen-bond donors (Lipinski definition) is 2. The predicted molar refractivity (Wildman–Crippen MR) is 71.4 cm³/mol. The van der Waals surface area contributed by atoms with Crippen LogP contribution in [0.25, 0.3) is 0 Å². The van der Waals surface area contributed by atoms with Gasteiger partial charge in [0, 0.05) is 13.6 Å². The van der Waals surface area contributed by atoms with E-state index >= 15 is 0 Å². The maximum Gasteiger partial charge on any atom is 0.330 e. The molecule has 1 aliphatic rings. The van der Waals surface area contributed by atoms with Crippen LogP contribution < -0.4 is 5.32 Å². The van der Waals surface area contributed by atoms with Crippen molar-refractivity contribution in [2.45, 2.75) is 25.7 Å². The molecule has 1 fully saturated rings. The standard InChI is InChI=1S/C12H18N4O4/c1-15-7-10(16(19)20)11(14-15)13-6-8-4-2-3-5-9(8)12(17)18/h7-9H,2-6H2,1H3,(H,13,14)(H,17,18). The van der Waals surface area contributed by atoms with Crippen LogP contribution in [-0.2, 0) is 11.8 Å². The molecule has 2 rings (SSSR count). The number of carboxylic acid groups (broad SMARTS) is 1. The van der Waals surface area contributed by atoms with Crippen molar-refractivity contribution in [3.8, 4) is 0 Å². The normalized spacial score (nSPS) is 22.4. The van der Waals surface area contributed by atoms with E-state index in [1.165, 1.54) is 10.9 Å². The molecule has 20 heavy (non-hydrogen) atoms. The number of rotatable bonds is 5. The minimum Gasteiger partial charge on any atom is -0.481 e. The first-order chi connectivity index (χ1) is 9.49. The molecule has 1 aromatic rings. The van der Waals surface area contributed by atoms with Crippen molar-refractivity contribution in [3.05, 3.63) is 16.3 Å². The van der Waals surface area contributed by atoms with Gasteiger partial charge in [-0.1, -0.05) is 12.8 Å². The summed E-state index contributed by atoms with van der Waals surface area (Å²) in [5.74, 6) is -0.971. The van der Waals surface area contributed by atoms with Crippen molar-refractivity contribution in [2.24, 2.45) is 18.9 Å². The van der Waals surface area contributed by atoms with Crippen LogP contribution in [-0.4, -0.2) is 32.3 Å². The molecular weight excluding hydrogens is 264 g/mol. The fourth-order valence-electron chi connectivity index (χ4n) is 2.74. The van der Waals surface area contributed by atoms with Crippen LogP contribution in [0.1, 0.15) is 25.7 Å². The maximum absolute atomic E-state index is 11.2. The summed E-state index contributed by atoms with van der Waals surface area (Å²) >= 11 is 0. The maximum atomic E-state index is 11.2. The first-order valence-electron chi connectivity index (χ1n) is 6.63. The van der Waals surface area contributed by atoms with Gasteiger partial charge in [0.2, 0.25) is 5.82 Å². The van der Waals surface area contributed by atoms with Crippen molar-refractivity contribution in [2.75, 3.05) is 11.9 Å². The lowest BCUT2D eigenvalue weighted by Crippen LogP contribution is -2.31. The molecule has 8 heteroatoms. The van der Waals surface area contributed by atoms with E-state index in [0.29, 0.717) is 13.0 Å². The zero-order chi connectivity index (χ0) is 14.7. The molecule has 8 nitrogen and oxygen atoms in total. The van der Waals surface area contributed by atoms with Gasteiger partial charge in [0.15, 0.2) is 0 Å². The quantitative estimate of drug-likeness (QED) is 0.627. The molecule has 0 spiro atoms. The fraction of sp³-hybridized carbons (Fsp3) is 0.667. The highest BCUT2D eigenvalue weighted by Gasteiger charge is 2.31. The highest BCUT2D eigenvalue weighted by Crippen LogP contribution is 2.31. The zero-order valence-electron chi connectivity index (χ0n) is 11.3. The third-order valence-corrected chi connectivity index (χ3v) is 3.76. The summed E-state index contributed by atoms with van der Waals surface area (Å²) in [5, 5.41) is 27.0. The summed E-state index contributed by atoms with van der Waals surface area (Å²) in [6.07, 6.45) is 4.76. The van der Waals surface area contributed by atoms with Crippen LogP contribution >= 0.6 is 0 Å². The second-order valence-electron chi connectivity index (χ2n) is 5.16. The zero-order valence-corrected chi connectivity index (χ0v) is 11.3. The SMILES string of the molecule is Cn1cc([N+](=O)[O-])c(NCC2CCCCC2C(=O)O)n1. The summed E-state index contributed by atoms with van der Waals surface area (Å²) in [5.41, 5.74) is -0.0878. The number of nitro groups is 1. The number of hydrogen-bond acceptors (Lipinski definition) is 5. The largest absolute Gasteiger partial charge is 0.481 e. The van der Waals surface area contributed by atoms with Crippen molar-refractivity contribution in [1.29, 1.82) is 0 Å². The first kappa shape index (κ1) is 14.3. The molecule has 0 saturated heterocycles. The Hall–Kier alpha value is -2.12. The van der Waals surface area contributed by atoms with Gasteiger partial charge in [-0.2, -0.15) is 0 Å². The van der Waals surface area contributed by atoms with Crippen molar-refractivity contribution < 1.29 is 14.8 Å². The van der Waals surface area contributed by atoms with Crippen LogP contribution in [0.5, 0.6) is 0 Å². The third-order valence-electron chi connectivity index (χ3n) is 3.76. The Labute approximate surface area is 115 Å². The van der Waals surface area contributed by atoms with Gasteiger partial charge in [0.25, 0.3) is 0 Å². The van der Waals surface area contributed by atoms with Gasteiger partial charge in [0.1, 0.15) is 6.20 Å². The molecule has 1 aromatic heterocycles. The highest BCUT2D eigenvalue weighted by atomic mass is 16.6. The average Bonchev–Trinajstić information content (AvgIpc) is 2.78. The lowest BCUT2D eigenvalue weighted by Gasteiger charge is -2.28. The van der Waals surface area contributed by atoms with E-state index in [4.69, 9.17) is 0 Å². The summed E-state index contributed by atoms with van der Waals surface area (Å²) in [7, 11) is 1.61. The molecule has 1 aliphatic carbocycles. The minimum absolute atomic E-state index is 0.0112. The number of nitrogens with zero attached hydrogens (tertiary/aromatic N) is 3. The average molecular weight is 282 g/mol. The lowest BCUT2D eigenvalue weighted by atomic mass is 9.79. The molecule has 0 aliphatic heterocycles. The predicted octanol–water partition coefficient (Wildman–Crippen LogP) is 1.63. The molecule has 2 atom stereocenters. The molecule has 1 saturated carbocycles. The molecule has 0 radical (unpaired) electrons. The Bertz CT molecular complexity index is 514. The van der Waals surface area contributed by atoms with Crippen molar-refractivity contribution in [3.63, 3.8) is 0 Å². The Balaban J connectivity index is 2.04. The van der Waals surface area contributed by atoms with Crippen LogP contribution in [0, 0.1) is 22.0 Å². The van der Waals surface area contributed by atoms with Gasteiger partial charge in [-0.15, -0.1) is 5.10 Å². The number of nitrogens with one attached hydrogen (secondary N) is 1. The monoisotopic (exact) mass is 282 g/mol.